The number of hydrogen-bond acceptors (Lipinski definition) is 7. The van der Waals surface area contributed by atoms with E-state index in [2.05, 4.69) is 14.9 Å². The summed E-state index contributed by atoms with van der Waals surface area (Å²) in [6.45, 7) is 5.90. The maximum absolute atomic E-state index is 13.9. The van der Waals surface area contributed by atoms with Gasteiger partial charge in [0.1, 0.15) is 17.0 Å². The molecule has 1 aromatic carbocycles. The van der Waals surface area contributed by atoms with Crippen molar-refractivity contribution in [3.8, 4) is 0 Å². The molecule has 1 saturated carbocycles. The van der Waals surface area contributed by atoms with Gasteiger partial charge in [0.05, 0.1) is 10.3 Å². The molecule has 0 unspecified atom stereocenters. The zero-order chi connectivity index (χ0) is 23.2. The molecule has 0 N–H and O–H groups in total. The molecule has 3 heterocycles. The second kappa shape index (κ2) is 8.36. The molecule has 1 amide bonds. The summed E-state index contributed by atoms with van der Waals surface area (Å²) >= 11 is 1.58. The van der Waals surface area contributed by atoms with Crippen molar-refractivity contribution in [1.29, 1.82) is 0 Å². The molecule has 7 nitrogen and oxygen atoms in total. The third-order valence-corrected chi connectivity index (χ3v) is 10.5. The van der Waals surface area contributed by atoms with Crippen LogP contribution in [0.25, 0.3) is 10.2 Å². The molecule has 0 radical (unpaired) electrons. The van der Waals surface area contributed by atoms with Crippen molar-refractivity contribution in [3.05, 3.63) is 47.1 Å². The summed E-state index contributed by atoms with van der Waals surface area (Å²) in [5.41, 5.74) is 1.59. The molecule has 2 aliphatic rings. The van der Waals surface area contributed by atoms with Gasteiger partial charge < -0.3 is 9.80 Å². The van der Waals surface area contributed by atoms with Crippen LogP contribution in [0.3, 0.4) is 0 Å². The fourth-order valence-corrected chi connectivity index (χ4v) is 8.36. The highest BCUT2D eigenvalue weighted by Crippen LogP contribution is 2.43. The lowest BCUT2D eigenvalue weighted by atomic mass is 10.0. The lowest BCUT2D eigenvalue weighted by molar-refractivity contribution is -0.134. The average molecular weight is 485 g/mol. The van der Waals surface area contributed by atoms with Crippen molar-refractivity contribution in [1.82, 2.24) is 14.9 Å². The van der Waals surface area contributed by atoms with E-state index in [-0.39, 0.29) is 5.91 Å². The van der Waals surface area contributed by atoms with Crippen LogP contribution in [0, 0.1) is 13.8 Å². The van der Waals surface area contributed by atoms with Crippen molar-refractivity contribution in [2.45, 2.75) is 49.2 Å². The highest BCUT2D eigenvalue weighted by molar-refractivity contribution is 7.93. The van der Waals surface area contributed by atoms with E-state index >= 15 is 0 Å². The minimum atomic E-state index is -3.81. The molecular weight excluding hydrogens is 456 g/mol. The van der Waals surface area contributed by atoms with Crippen LogP contribution in [-0.2, 0) is 14.6 Å². The number of carbonyl (C=O) groups is 1. The SMILES string of the molecule is Cc1ccc(C)c(S(=O)(=O)C2(C(=O)N3CCN(c4ncnc5sccc45)CC3)CCCC2)c1. The summed E-state index contributed by atoms with van der Waals surface area (Å²) in [4.78, 5) is 27.8. The standard InChI is InChI=1S/C24H28N4O3S2/c1-17-5-6-18(2)20(15-17)33(30,31)24(8-3-4-9-24)23(29)28-12-10-27(11-13-28)21-19-7-14-32-22(19)26-16-25-21/h5-7,14-16H,3-4,8-13H2,1-2H3. The molecule has 2 fully saturated rings. The first-order valence-corrected chi connectivity index (χ1v) is 13.7. The third kappa shape index (κ3) is 3.61. The molecule has 3 aromatic rings. The van der Waals surface area contributed by atoms with E-state index in [1.807, 2.05) is 37.4 Å². The topological polar surface area (TPSA) is 83.5 Å². The zero-order valence-electron chi connectivity index (χ0n) is 19.0. The number of sulfone groups is 1. The largest absolute Gasteiger partial charge is 0.352 e. The molecule has 2 aromatic heterocycles. The quantitative estimate of drug-likeness (QED) is 0.561. The monoisotopic (exact) mass is 484 g/mol. The van der Waals surface area contributed by atoms with E-state index in [9.17, 15) is 13.2 Å². The number of nitrogens with zero attached hydrogens (tertiary/aromatic N) is 4. The van der Waals surface area contributed by atoms with E-state index in [1.54, 1.807) is 28.6 Å². The lowest BCUT2D eigenvalue weighted by Crippen LogP contribution is -2.57. The van der Waals surface area contributed by atoms with E-state index in [0.717, 1.165) is 34.4 Å². The number of benzene rings is 1. The van der Waals surface area contributed by atoms with Crippen molar-refractivity contribution in [2.24, 2.45) is 0 Å². The molecule has 1 saturated heterocycles. The van der Waals surface area contributed by atoms with Gasteiger partial charge in [-0.15, -0.1) is 11.3 Å². The van der Waals surface area contributed by atoms with E-state index < -0.39 is 14.6 Å². The van der Waals surface area contributed by atoms with Crippen molar-refractivity contribution >= 4 is 43.1 Å². The average Bonchev–Trinajstić information content (AvgIpc) is 3.51. The second-order valence-electron chi connectivity index (χ2n) is 9.09. The Morgan fingerprint density at radius 2 is 1.76 bits per heavy atom. The molecule has 5 rings (SSSR count). The van der Waals surface area contributed by atoms with Gasteiger partial charge in [-0.2, -0.15) is 0 Å². The fourth-order valence-electron chi connectivity index (χ4n) is 5.19. The summed E-state index contributed by atoms with van der Waals surface area (Å²) in [5.74, 6) is 0.649. The molecule has 33 heavy (non-hydrogen) atoms. The summed E-state index contributed by atoms with van der Waals surface area (Å²) in [6, 6.07) is 7.49. The number of piperazine rings is 1. The van der Waals surface area contributed by atoms with Crippen molar-refractivity contribution in [3.63, 3.8) is 0 Å². The highest BCUT2D eigenvalue weighted by atomic mass is 32.2. The maximum Gasteiger partial charge on any atom is 0.244 e. The normalized spacial score (nSPS) is 18.7. The Morgan fingerprint density at radius 3 is 2.48 bits per heavy atom. The lowest BCUT2D eigenvalue weighted by Gasteiger charge is -2.40. The van der Waals surface area contributed by atoms with Crippen molar-refractivity contribution < 1.29 is 13.2 Å². The molecular formula is C24H28N4O3S2. The van der Waals surface area contributed by atoms with Gasteiger partial charge in [0.2, 0.25) is 5.91 Å². The molecule has 0 spiro atoms. The number of carbonyl (C=O) groups excluding carboxylic acids is 1. The van der Waals surface area contributed by atoms with Gasteiger partial charge in [0.25, 0.3) is 0 Å². The van der Waals surface area contributed by atoms with Gasteiger partial charge in [-0.25, -0.2) is 18.4 Å². The number of amides is 1. The first-order valence-electron chi connectivity index (χ1n) is 11.4. The Labute approximate surface area is 198 Å². The number of aromatic nitrogens is 2. The predicted molar refractivity (Wildman–Crippen MR) is 131 cm³/mol. The molecule has 0 atom stereocenters. The molecule has 1 aliphatic heterocycles. The van der Waals surface area contributed by atoms with Gasteiger partial charge in [-0.3, -0.25) is 4.79 Å². The van der Waals surface area contributed by atoms with Crippen LogP contribution in [0.4, 0.5) is 5.82 Å². The highest BCUT2D eigenvalue weighted by Gasteiger charge is 2.55. The number of anilines is 1. The first kappa shape index (κ1) is 22.3. The molecule has 0 bridgehead atoms. The first-order chi connectivity index (χ1) is 15.8. The second-order valence-corrected chi connectivity index (χ2v) is 12.2. The molecule has 174 valence electrons. The number of fused-ring (bicyclic) bond motifs is 1. The maximum atomic E-state index is 13.9. The Balaban J connectivity index is 1.41. The van der Waals surface area contributed by atoms with E-state index in [4.69, 9.17) is 0 Å². The van der Waals surface area contributed by atoms with Gasteiger partial charge in [-0.05, 0) is 55.3 Å². The van der Waals surface area contributed by atoms with Crippen LogP contribution < -0.4 is 4.90 Å². The Hall–Kier alpha value is -2.52. The Bertz CT molecular complexity index is 1300. The van der Waals surface area contributed by atoms with Gasteiger partial charge in [0.15, 0.2) is 14.6 Å². The van der Waals surface area contributed by atoms with Crippen LogP contribution >= 0.6 is 11.3 Å². The molecule has 1 aliphatic carbocycles. The summed E-state index contributed by atoms with van der Waals surface area (Å²) in [5, 5.41) is 3.02. The van der Waals surface area contributed by atoms with E-state index in [1.165, 1.54) is 0 Å². The van der Waals surface area contributed by atoms with Crippen LogP contribution in [0.1, 0.15) is 36.8 Å². The van der Waals surface area contributed by atoms with Gasteiger partial charge >= 0.3 is 0 Å². The van der Waals surface area contributed by atoms with Gasteiger partial charge in [-0.1, -0.05) is 25.0 Å². The third-order valence-electron chi connectivity index (χ3n) is 7.06. The number of thiophene rings is 1. The van der Waals surface area contributed by atoms with Crippen LogP contribution in [0.2, 0.25) is 0 Å². The van der Waals surface area contributed by atoms with Crippen LogP contribution in [0.15, 0.2) is 40.9 Å². The minimum Gasteiger partial charge on any atom is -0.352 e. The predicted octanol–water partition coefficient (Wildman–Crippen LogP) is 3.74. The molecule has 9 heteroatoms. The zero-order valence-corrected chi connectivity index (χ0v) is 20.6. The van der Waals surface area contributed by atoms with Crippen LogP contribution in [0.5, 0.6) is 0 Å². The smallest absolute Gasteiger partial charge is 0.244 e. The summed E-state index contributed by atoms with van der Waals surface area (Å²) < 4.78 is 26.5. The Kier molecular flexibility index (Phi) is 5.64. The van der Waals surface area contributed by atoms with Crippen molar-refractivity contribution in [2.75, 3.05) is 31.1 Å². The number of aryl methyl sites for hydroxylation is 2. The fraction of sp³-hybridized carbons (Fsp3) is 0.458. The number of hydrogen-bond donors (Lipinski definition) is 0. The van der Waals surface area contributed by atoms with Gasteiger partial charge in [0, 0.05) is 26.2 Å². The summed E-state index contributed by atoms with van der Waals surface area (Å²) in [7, 11) is -3.81. The minimum absolute atomic E-state index is 0.232. The summed E-state index contributed by atoms with van der Waals surface area (Å²) in [6.07, 6.45) is 3.88. The van der Waals surface area contributed by atoms with Crippen LogP contribution in [-0.4, -0.2) is 60.1 Å². The number of rotatable bonds is 4. The Morgan fingerprint density at radius 1 is 1.03 bits per heavy atom. The van der Waals surface area contributed by atoms with E-state index in [0.29, 0.717) is 49.5 Å².